The van der Waals surface area contributed by atoms with E-state index in [1.165, 1.54) is 6.92 Å². The summed E-state index contributed by atoms with van der Waals surface area (Å²) in [6.07, 6.45) is 5.93. The second-order valence-electron chi connectivity index (χ2n) is 18.5. The van der Waals surface area contributed by atoms with Gasteiger partial charge in [0.05, 0.1) is 6.10 Å². The zero-order chi connectivity index (χ0) is 35.1. The van der Waals surface area contributed by atoms with Gasteiger partial charge in [-0.05, 0) is 129 Å². The fourth-order valence-corrected chi connectivity index (χ4v) is 12.2. The van der Waals surface area contributed by atoms with Crippen molar-refractivity contribution in [2.75, 3.05) is 6.54 Å². The van der Waals surface area contributed by atoms with Crippen LogP contribution in [-0.4, -0.2) is 53.1 Å². The summed E-state index contributed by atoms with van der Waals surface area (Å²) in [5.74, 6) is -0.710. The minimum absolute atomic E-state index is 0.00231. The van der Waals surface area contributed by atoms with Crippen molar-refractivity contribution in [3.63, 3.8) is 0 Å². The van der Waals surface area contributed by atoms with Crippen molar-refractivity contribution in [1.29, 1.82) is 0 Å². The van der Waals surface area contributed by atoms with Crippen molar-refractivity contribution in [3.05, 3.63) is 11.1 Å². The van der Waals surface area contributed by atoms with E-state index < -0.39 is 35.0 Å². The Kier molecular flexibility index (Phi) is 8.97. The molecule has 0 radical (unpaired) electrons. The van der Waals surface area contributed by atoms with Gasteiger partial charge in [-0.15, -0.1) is 0 Å². The molecule has 0 aliphatic heterocycles. The van der Waals surface area contributed by atoms with E-state index in [1.807, 2.05) is 0 Å². The fraction of sp³-hybridized carbons (Fsp3) is 0.846. The summed E-state index contributed by atoms with van der Waals surface area (Å²) in [4.78, 5) is 53.3. The molecule has 4 fully saturated rings. The minimum atomic E-state index is -1.22. The Bertz CT molecular complexity index is 1360. The molecule has 8 nitrogen and oxygen atoms in total. The second kappa shape index (κ2) is 11.7. The smallest absolute Gasteiger partial charge is 0.325 e. The third kappa shape index (κ3) is 5.51. The zero-order valence-electron chi connectivity index (χ0n) is 30.9. The number of Topliss-reactive ketones (excluding diaryl/α,β-unsaturated/α-hetero) is 1. The number of amides is 1. The number of hydrogen-bond acceptors (Lipinski definition) is 7. The largest absolute Gasteiger partial charge is 0.459 e. The Morgan fingerprint density at radius 3 is 2.17 bits per heavy atom. The second-order valence-corrected chi connectivity index (χ2v) is 18.5. The lowest BCUT2D eigenvalue weighted by Gasteiger charge is -2.72. The third-order valence-electron chi connectivity index (χ3n) is 14.3. The van der Waals surface area contributed by atoms with Crippen molar-refractivity contribution in [1.82, 2.24) is 5.32 Å². The van der Waals surface area contributed by atoms with Gasteiger partial charge < -0.3 is 19.9 Å². The maximum absolute atomic E-state index is 14.1. The first-order valence-electron chi connectivity index (χ1n) is 18.2. The highest BCUT2D eigenvalue weighted by Crippen LogP contribution is 2.77. The molecule has 264 valence electrons. The first kappa shape index (κ1) is 36.1. The van der Waals surface area contributed by atoms with Gasteiger partial charge in [-0.25, -0.2) is 0 Å². The topological polar surface area (TPSA) is 119 Å². The van der Waals surface area contributed by atoms with Crippen LogP contribution in [0.5, 0.6) is 0 Å². The molecule has 0 spiro atoms. The lowest BCUT2D eigenvalue weighted by Crippen LogP contribution is -2.66. The Balaban J connectivity index is 1.55. The maximum atomic E-state index is 14.1. The van der Waals surface area contributed by atoms with E-state index in [1.54, 1.807) is 20.8 Å². The molecule has 9 atom stereocenters. The van der Waals surface area contributed by atoms with Gasteiger partial charge in [0.25, 0.3) is 5.91 Å². The molecule has 0 bridgehead atoms. The molecule has 1 amide bonds. The van der Waals surface area contributed by atoms with Gasteiger partial charge in [0.15, 0.2) is 11.9 Å². The molecule has 5 rings (SSSR count). The number of rotatable bonds is 6. The summed E-state index contributed by atoms with van der Waals surface area (Å²) in [6.45, 7) is 22.3. The third-order valence-corrected chi connectivity index (χ3v) is 14.3. The van der Waals surface area contributed by atoms with Crippen LogP contribution in [0.2, 0.25) is 0 Å². The van der Waals surface area contributed by atoms with Gasteiger partial charge >= 0.3 is 11.9 Å². The number of aliphatic hydroxyl groups is 1. The summed E-state index contributed by atoms with van der Waals surface area (Å²) < 4.78 is 11.3. The van der Waals surface area contributed by atoms with Crippen LogP contribution < -0.4 is 5.32 Å². The summed E-state index contributed by atoms with van der Waals surface area (Å²) in [5, 5.41) is 13.8. The number of carbonyl (C=O) groups excluding carboxylic acids is 4. The molecule has 5 aliphatic rings. The van der Waals surface area contributed by atoms with Crippen LogP contribution in [0.3, 0.4) is 0 Å². The molecule has 4 saturated carbocycles. The van der Waals surface area contributed by atoms with E-state index in [4.69, 9.17) is 9.47 Å². The van der Waals surface area contributed by atoms with Crippen LogP contribution in [0.4, 0.5) is 0 Å². The van der Waals surface area contributed by atoms with Crippen LogP contribution in [0.15, 0.2) is 11.1 Å². The molecule has 1 unspecified atom stereocenters. The standard InChI is InChI=1S/C39H61NO7/c1-22(2)30-25(42)20-39(32(46-23(3)41)33(45)40-21-29(44)47-34(4,5)6)19-18-37(10)24(31(30)39)12-13-27-36(9)16-15-28(43)35(7,8)26(36)14-17-38(27,37)11/h22,24,26-28,32,43H,12-21H2,1-11H3,(H,40,45)/t24-,26+,27-,28+,32?,36+,37-,38-,39-/m1/s1. The molecule has 0 saturated heterocycles. The summed E-state index contributed by atoms with van der Waals surface area (Å²) >= 11 is 0. The number of ketones is 1. The van der Waals surface area contributed by atoms with Crippen molar-refractivity contribution >= 4 is 23.6 Å². The number of nitrogens with one attached hydrogen (secondary N) is 1. The van der Waals surface area contributed by atoms with E-state index >= 15 is 0 Å². The highest BCUT2D eigenvalue weighted by molar-refractivity contribution is 6.02. The quantitative estimate of drug-likeness (QED) is 0.305. The SMILES string of the molecule is CC(=O)OC(C(=O)NCC(=O)OC(C)(C)C)[C@@]12CC[C@]3(C)[C@H](CC[C@@H]4[C@@]5(C)CC[C@H](O)C(C)(C)[C@@H]5CC[C@]43C)C1=C(C(C)C)C(=O)C2. The molecule has 0 heterocycles. The Morgan fingerprint density at radius 2 is 1.57 bits per heavy atom. The molecule has 8 heteroatoms. The van der Waals surface area contributed by atoms with Crippen LogP contribution in [0.1, 0.15) is 134 Å². The van der Waals surface area contributed by atoms with E-state index in [9.17, 15) is 24.3 Å². The Hall–Kier alpha value is -2.22. The molecule has 0 aromatic heterocycles. The normalized spacial score (nSPS) is 40.1. The molecule has 2 N–H and O–H groups in total. The predicted molar refractivity (Wildman–Crippen MR) is 180 cm³/mol. The number of allylic oxidation sites excluding steroid dienone is 1. The van der Waals surface area contributed by atoms with Gasteiger partial charge in [-0.1, -0.05) is 48.5 Å². The lowest BCUT2D eigenvalue weighted by atomic mass is 9.33. The Morgan fingerprint density at radius 1 is 0.915 bits per heavy atom. The summed E-state index contributed by atoms with van der Waals surface area (Å²) in [5.41, 5.74) is 0.0412. The first-order valence-corrected chi connectivity index (χ1v) is 18.2. The van der Waals surface area contributed by atoms with Crippen LogP contribution in [0.25, 0.3) is 0 Å². The molecule has 0 aromatic carbocycles. The molecule has 5 aliphatic carbocycles. The fourth-order valence-electron chi connectivity index (χ4n) is 12.2. The number of hydrogen-bond donors (Lipinski definition) is 2. The average molecular weight is 656 g/mol. The molecular formula is C39H61NO7. The van der Waals surface area contributed by atoms with E-state index in [0.717, 1.165) is 56.1 Å². The molecular weight excluding hydrogens is 594 g/mol. The van der Waals surface area contributed by atoms with Gasteiger partial charge in [-0.3, -0.25) is 19.2 Å². The monoisotopic (exact) mass is 655 g/mol. The number of fused-ring (bicyclic) bond motifs is 7. The minimum Gasteiger partial charge on any atom is -0.459 e. The van der Waals surface area contributed by atoms with Crippen molar-refractivity contribution in [2.24, 2.45) is 50.7 Å². The summed E-state index contributed by atoms with van der Waals surface area (Å²) in [7, 11) is 0. The van der Waals surface area contributed by atoms with Gasteiger partial charge in [0, 0.05) is 18.8 Å². The number of aliphatic hydroxyl groups excluding tert-OH is 1. The highest BCUT2D eigenvalue weighted by Gasteiger charge is 2.71. The van der Waals surface area contributed by atoms with Gasteiger partial charge in [0.1, 0.15) is 12.1 Å². The maximum Gasteiger partial charge on any atom is 0.325 e. The van der Waals surface area contributed by atoms with Crippen molar-refractivity contribution in [2.45, 2.75) is 152 Å². The molecule has 47 heavy (non-hydrogen) atoms. The van der Waals surface area contributed by atoms with Crippen molar-refractivity contribution in [3.8, 4) is 0 Å². The van der Waals surface area contributed by atoms with E-state index in [0.29, 0.717) is 18.3 Å². The van der Waals surface area contributed by atoms with Crippen LogP contribution in [-0.2, 0) is 28.7 Å². The van der Waals surface area contributed by atoms with Crippen LogP contribution in [0, 0.1) is 50.7 Å². The predicted octanol–water partition coefficient (Wildman–Crippen LogP) is 6.72. The summed E-state index contributed by atoms with van der Waals surface area (Å²) in [6, 6.07) is 0. The highest BCUT2D eigenvalue weighted by atomic mass is 16.6. The van der Waals surface area contributed by atoms with Crippen LogP contribution >= 0.6 is 0 Å². The molecule has 0 aromatic rings. The lowest BCUT2D eigenvalue weighted by molar-refractivity contribution is -0.230. The number of carbonyl (C=O) groups is 4. The van der Waals surface area contributed by atoms with Crippen molar-refractivity contribution < 1.29 is 33.8 Å². The first-order chi connectivity index (χ1) is 21.5. The average Bonchev–Trinajstić information content (AvgIpc) is 3.25. The van der Waals surface area contributed by atoms with E-state index in [-0.39, 0.29) is 58.3 Å². The Labute approximate surface area is 282 Å². The van der Waals surface area contributed by atoms with E-state index in [2.05, 4.69) is 53.8 Å². The van der Waals surface area contributed by atoms with Gasteiger partial charge in [0.2, 0.25) is 0 Å². The number of ether oxygens (including phenoxy) is 2. The van der Waals surface area contributed by atoms with Gasteiger partial charge in [-0.2, -0.15) is 0 Å². The zero-order valence-corrected chi connectivity index (χ0v) is 30.9. The number of esters is 2.